The van der Waals surface area contributed by atoms with E-state index in [0.717, 1.165) is 12.8 Å². The van der Waals surface area contributed by atoms with Crippen molar-refractivity contribution < 1.29 is 14.2 Å². The zero-order chi connectivity index (χ0) is 13.0. The molecular weight excluding hydrogens is 231 g/mol. The molecule has 18 heavy (non-hydrogen) atoms. The maximum atomic E-state index is 14.0. The lowest BCUT2D eigenvalue weighted by atomic mass is 9.93. The van der Waals surface area contributed by atoms with Gasteiger partial charge in [-0.2, -0.15) is 0 Å². The van der Waals surface area contributed by atoms with Crippen LogP contribution in [-0.2, 0) is 0 Å². The molecule has 0 radical (unpaired) electrons. The zero-order valence-corrected chi connectivity index (χ0v) is 10.7. The van der Waals surface area contributed by atoms with E-state index in [1.54, 1.807) is 18.2 Å². The van der Waals surface area contributed by atoms with Crippen molar-refractivity contribution in [1.29, 1.82) is 0 Å². The van der Waals surface area contributed by atoms with E-state index in [-0.39, 0.29) is 5.75 Å². The minimum atomic E-state index is -0.788. The van der Waals surface area contributed by atoms with E-state index >= 15 is 0 Å². The highest BCUT2D eigenvalue weighted by atomic mass is 19.1. The molecule has 1 atom stereocenters. The van der Waals surface area contributed by atoms with Crippen LogP contribution < -0.4 is 4.74 Å². The predicted molar refractivity (Wildman–Crippen MR) is 69.1 cm³/mol. The molecule has 0 bridgehead atoms. The molecule has 0 aliphatic heterocycles. The van der Waals surface area contributed by atoms with Gasteiger partial charge in [-0.1, -0.05) is 23.8 Å². The Kier molecular flexibility index (Phi) is 4.37. The Morgan fingerprint density at radius 1 is 1.39 bits per heavy atom. The highest BCUT2D eigenvalue weighted by molar-refractivity contribution is 5.33. The summed E-state index contributed by atoms with van der Waals surface area (Å²) in [5.41, 5.74) is 1.55. The van der Waals surface area contributed by atoms with Gasteiger partial charge in [0, 0.05) is 5.56 Å². The highest BCUT2D eigenvalue weighted by Gasteiger charge is 2.18. The van der Waals surface area contributed by atoms with E-state index in [0.29, 0.717) is 12.0 Å². The Bertz CT molecular complexity index is 440. The average Bonchev–Trinajstić information content (AvgIpc) is 2.40. The lowest BCUT2D eigenvalue weighted by Gasteiger charge is -2.18. The number of rotatable bonds is 4. The quantitative estimate of drug-likeness (QED) is 0.824. The normalized spacial score (nSPS) is 17.2. The molecule has 2 rings (SSSR count). The molecule has 0 saturated carbocycles. The van der Waals surface area contributed by atoms with Gasteiger partial charge in [0.15, 0.2) is 11.6 Å². The van der Waals surface area contributed by atoms with Crippen LogP contribution in [0, 0.1) is 5.82 Å². The van der Waals surface area contributed by atoms with E-state index < -0.39 is 11.9 Å². The third-order valence-corrected chi connectivity index (χ3v) is 3.41. The lowest BCUT2D eigenvalue weighted by Crippen LogP contribution is -2.05. The maximum Gasteiger partial charge on any atom is 0.170 e. The molecule has 1 aliphatic rings. The van der Waals surface area contributed by atoms with Crippen LogP contribution >= 0.6 is 0 Å². The Morgan fingerprint density at radius 3 is 2.89 bits per heavy atom. The van der Waals surface area contributed by atoms with E-state index in [1.807, 2.05) is 0 Å². The van der Waals surface area contributed by atoms with Crippen molar-refractivity contribution in [2.45, 2.75) is 38.2 Å². The van der Waals surface area contributed by atoms with E-state index in [9.17, 15) is 9.50 Å². The Morgan fingerprint density at radius 2 is 2.22 bits per heavy atom. The third-order valence-electron chi connectivity index (χ3n) is 3.41. The van der Waals surface area contributed by atoms with Gasteiger partial charge in [-0.3, -0.25) is 0 Å². The fourth-order valence-electron chi connectivity index (χ4n) is 2.39. The molecule has 3 heteroatoms. The molecule has 1 aromatic rings. The van der Waals surface area contributed by atoms with Gasteiger partial charge in [-0.05, 0) is 38.2 Å². The summed E-state index contributed by atoms with van der Waals surface area (Å²) in [6.07, 6.45) is 6.37. The number of hydrogen-bond acceptors (Lipinski definition) is 2. The van der Waals surface area contributed by atoms with Crippen molar-refractivity contribution in [2.75, 3.05) is 7.11 Å². The molecule has 1 aromatic carbocycles. The monoisotopic (exact) mass is 250 g/mol. The summed E-state index contributed by atoms with van der Waals surface area (Å²) in [4.78, 5) is 0. The first-order valence-corrected chi connectivity index (χ1v) is 6.40. The number of aliphatic hydroxyl groups excluding tert-OH is 1. The van der Waals surface area contributed by atoms with Crippen LogP contribution in [0.2, 0.25) is 0 Å². The van der Waals surface area contributed by atoms with Crippen molar-refractivity contribution in [3.63, 3.8) is 0 Å². The number of ether oxygens (including phenoxy) is 1. The molecule has 0 fully saturated rings. The van der Waals surface area contributed by atoms with Crippen molar-refractivity contribution in [2.24, 2.45) is 0 Å². The summed E-state index contributed by atoms with van der Waals surface area (Å²) < 4.78 is 18.9. The van der Waals surface area contributed by atoms with E-state index in [1.165, 1.54) is 25.5 Å². The first-order chi connectivity index (χ1) is 8.72. The number of methoxy groups -OCH3 is 1. The summed E-state index contributed by atoms with van der Waals surface area (Å²) in [7, 11) is 1.43. The number of hydrogen-bond donors (Lipinski definition) is 1. The molecular formula is C15H19FO2. The molecule has 0 amide bonds. The molecule has 0 heterocycles. The van der Waals surface area contributed by atoms with Gasteiger partial charge in [-0.15, -0.1) is 0 Å². The van der Waals surface area contributed by atoms with Crippen LogP contribution in [0.4, 0.5) is 4.39 Å². The number of benzene rings is 1. The van der Waals surface area contributed by atoms with Gasteiger partial charge < -0.3 is 9.84 Å². The Labute approximate surface area is 107 Å². The molecule has 1 unspecified atom stereocenters. The van der Waals surface area contributed by atoms with Crippen LogP contribution in [0.1, 0.15) is 43.8 Å². The molecule has 2 nitrogen and oxygen atoms in total. The van der Waals surface area contributed by atoms with Gasteiger partial charge in [-0.25, -0.2) is 4.39 Å². The van der Waals surface area contributed by atoms with Crippen LogP contribution in [-0.4, -0.2) is 12.2 Å². The fraction of sp³-hybridized carbons (Fsp3) is 0.467. The molecule has 0 aromatic heterocycles. The molecule has 1 aliphatic carbocycles. The molecule has 0 spiro atoms. The topological polar surface area (TPSA) is 29.5 Å². The van der Waals surface area contributed by atoms with Crippen molar-refractivity contribution in [3.05, 3.63) is 41.2 Å². The van der Waals surface area contributed by atoms with Gasteiger partial charge in [0.05, 0.1) is 13.2 Å². The smallest absolute Gasteiger partial charge is 0.170 e. The standard InChI is InChI=1S/C15H19FO2/c1-18-14-9-5-8-12(15(14)16)13(17)10-11-6-3-2-4-7-11/h5-6,8-9,13,17H,2-4,7,10H2,1H3. The van der Waals surface area contributed by atoms with Gasteiger partial charge in [0.25, 0.3) is 0 Å². The fourth-order valence-corrected chi connectivity index (χ4v) is 2.39. The first-order valence-electron chi connectivity index (χ1n) is 6.40. The van der Waals surface area contributed by atoms with Crippen molar-refractivity contribution in [1.82, 2.24) is 0 Å². The minimum absolute atomic E-state index is 0.184. The number of allylic oxidation sites excluding steroid dienone is 1. The molecule has 0 saturated heterocycles. The maximum absolute atomic E-state index is 14.0. The van der Waals surface area contributed by atoms with Crippen LogP contribution in [0.25, 0.3) is 0 Å². The van der Waals surface area contributed by atoms with Crippen LogP contribution in [0.3, 0.4) is 0 Å². The van der Waals surface area contributed by atoms with Crippen LogP contribution in [0.5, 0.6) is 5.75 Å². The van der Waals surface area contributed by atoms with Crippen molar-refractivity contribution in [3.8, 4) is 5.75 Å². The zero-order valence-electron chi connectivity index (χ0n) is 10.7. The summed E-state index contributed by atoms with van der Waals surface area (Å²) in [5.74, 6) is -0.270. The second-order valence-corrected chi connectivity index (χ2v) is 4.69. The molecule has 98 valence electrons. The Hall–Kier alpha value is -1.35. The van der Waals surface area contributed by atoms with Crippen molar-refractivity contribution >= 4 is 0 Å². The second kappa shape index (κ2) is 6.01. The van der Waals surface area contributed by atoms with E-state index in [4.69, 9.17) is 4.74 Å². The molecule has 1 N–H and O–H groups in total. The minimum Gasteiger partial charge on any atom is -0.494 e. The third kappa shape index (κ3) is 2.91. The van der Waals surface area contributed by atoms with Gasteiger partial charge in [0.2, 0.25) is 0 Å². The summed E-state index contributed by atoms with van der Waals surface area (Å²) >= 11 is 0. The van der Waals surface area contributed by atoms with E-state index in [2.05, 4.69) is 6.08 Å². The number of aliphatic hydroxyl groups is 1. The number of halogens is 1. The summed E-state index contributed by atoms with van der Waals surface area (Å²) in [6.45, 7) is 0. The summed E-state index contributed by atoms with van der Waals surface area (Å²) in [5, 5.41) is 10.1. The second-order valence-electron chi connectivity index (χ2n) is 4.69. The predicted octanol–water partition coefficient (Wildman–Crippen LogP) is 3.76. The highest BCUT2D eigenvalue weighted by Crippen LogP contribution is 2.31. The average molecular weight is 250 g/mol. The Balaban J connectivity index is 2.13. The largest absolute Gasteiger partial charge is 0.494 e. The van der Waals surface area contributed by atoms with Gasteiger partial charge in [0.1, 0.15) is 0 Å². The van der Waals surface area contributed by atoms with Crippen LogP contribution in [0.15, 0.2) is 29.8 Å². The van der Waals surface area contributed by atoms with Gasteiger partial charge >= 0.3 is 0 Å². The lowest BCUT2D eigenvalue weighted by molar-refractivity contribution is 0.170. The first kappa shape index (κ1) is 13.1. The SMILES string of the molecule is COc1cccc(C(O)CC2=CCCCC2)c1F. The summed E-state index contributed by atoms with van der Waals surface area (Å²) in [6, 6.07) is 4.88.